The van der Waals surface area contributed by atoms with Gasteiger partial charge in [-0.05, 0) is 42.7 Å². The number of carboxylic acid groups (broad SMARTS) is 1. The van der Waals surface area contributed by atoms with E-state index >= 15 is 0 Å². The fraction of sp³-hybridized carbons (Fsp3) is 0.250. The molecule has 0 aliphatic heterocycles. The first-order valence-corrected chi connectivity index (χ1v) is 6.74. The molecule has 4 nitrogen and oxygen atoms in total. The topological polar surface area (TPSA) is 76.2 Å². The summed E-state index contributed by atoms with van der Waals surface area (Å²) < 4.78 is 38.2. The molecule has 2 rings (SSSR count). The smallest absolute Gasteiger partial charge is 0.416 e. The van der Waals surface area contributed by atoms with E-state index in [0.717, 1.165) is 18.2 Å². The third kappa shape index (κ3) is 3.44. The fourth-order valence-corrected chi connectivity index (χ4v) is 2.44. The summed E-state index contributed by atoms with van der Waals surface area (Å²) in [5.41, 5.74) is 3.94. The van der Waals surface area contributed by atoms with Crippen molar-refractivity contribution in [2.45, 2.75) is 24.9 Å². The first-order valence-electron chi connectivity index (χ1n) is 6.74. The lowest BCUT2D eigenvalue weighted by atomic mass is 9.76. The number of benzene rings is 1. The van der Waals surface area contributed by atoms with Gasteiger partial charge in [0, 0.05) is 18.1 Å². The predicted molar refractivity (Wildman–Crippen MR) is 78.8 cm³/mol. The highest BCUT2D eigenvalue weighted by molar-refractivity contribution is 5.83. The summed E-state index contributed by atoms with van der Waals surface area (Å²) in [5.74, 6) is -1.17. The Kier molecular flexibility index (Phi) is 4.31. The van der Waals surface area contributed by atoms with Gasteiger partial charge in [-0.2, -0.15) is 13.2 Å². The third-order valence-electron chi connectivity index (χ3n) is 3.73. The Morgan fingerprint density at radius 1 is 1.30 bits per heavy atom. The summed E-state index contributed by atoms with van der Waals surface area (Å²) in [4.78, 5) is 15.7. The summed E-state index contributed by atoms with van der Waals surface area (Å²) in [6.45, 7) is 1.43. The van der Waals surface area contributed by atoms with Crippen LogP contribution in [0.2, 0.25) is 0 Å². The maximum atomic E-state index is 12.7. The standard InChI is InChI=1S/C16H15F3N2O2/c1-15(14(22)23,8-10-3-2-6-21-9-10)12-5-4-11(7-13(12)20)16(17,18)19/h2-7,9H,8,20H2,1H3,(H,22,23). The number of nitrogen functional groups attached to an aromatic ring is 1. The summed E-state index contributed by atoms with van der Waals surface area (Å²) in [5, 5.41) is 9.60. The Labute approximate surface area is 130 Å². The van der Waals surface area contributed by atoms with Gasteiger partial charge in [-0.1, -0.05) is 12.1 Å². The number of carboxylic acids is 1. The number of aliphatic carboxylic acids is 1. The van der Waals surface area contributed by atoms with Gasteiger partial charge in [0.25, 0.3) is 0 Å². The first kappa shape index (κ1) is 16.8. The van der Waals surface area contributed by atoms with Gasteiger partial charge in [0.2, 0.25) is 0 Å². The molecule has 0 saturated heterocycles. The van der Waals surface area contributed by atoms with E-state index in [4.69, 9.17) is 5.73 Å². The second-order valence-corrected chi connectivity index (χ2v) is 5.48. The Morgan fingerprint density at radius 2 is 2.00 bits per heavy atom. The van der Waals surface area contributed by atoms with Crippen molar-refractivity contribution >= 4 is 11.7 Å². The number of pyridine rings is 1. The van der Waals surface area contributed by atoms with Crippen molar-refractivity contribution in [1.29, 1.82) is 0 Å². The number of carbonyl (C=O) groups is 1. The minimum atomic E-state index is -4.53. The number of hydrogen-bond acceptors (Lipinski definition) is 3. The number of anilines is 1. The Hall–Kier alpha value is -2.57. The van der Waals surface area contributed by atoms with E-state index in [9.17, 15) is 23.1 Å². The molecule has 0 amide bonds. The van der Waals surface area contributed by atoms with Gasteiger partial charge >= 0.3 is 12.1 Å². The molecule has 1 aromatic heterocycles. The highest BCUT2D eigenvalue weighted by Gasteiger charge is 2.38. The molecule has 2 aromatic rings. The molecule has 1 heterocycles. The molecule has 1 aromatic carbocycles. The van der Waals surface area contributed by atoms with E-state index in [1.807, 2.05) is 0 Å². The second kappa shape index (κ2) is 5.91. The second-order valence-electron chi connectivity index (χ2n) is 5.48. The van der Waals surface area contributed by atoms with Crippen LogP contribution in [0.5, 0.6) is 0 Å². The van der Waals surface area contributed by atoms with Crippen molar-refractivity contribution in [3.8, 4) is 0 Å². The molecule has 0 saturated carbocycles. The molecule has 1 atom stereocenters. The summed E-state index contributed by atoms with van der Waals surface area (Å²) in [7, 11) is 0. The molecule has 0 fully saturated rings. The number of alkyl halides is 3. The third-order valence-corrected chi connectivity index (χ3v) is 3.73. The van der Waals surface area contributed by atoms with Crippen molar-refractivity contribution < 1.29 is 23.1 Å². The summed E-state index contributed by atoms with van der Waals surface area (Å²) in [6, 6.07) is 6.10. The normalized spacial score (nSPS) is 14.3. The molecule has 0 aliphatic rings. The quantitative estimate of drug-likeness (QED) is 0.846. The molecule has 122 valence electrons. The van der Waals surface area contributed by atoms with Gasteiger partial charge in [0.15, 0.2) is 0 Å². The Bertz CT molecular complexity index is 717. The van der Waals surface area contributed by atoms with Crippen molar-refractivity contribution in [2.24, 2.45) is 0 Å². The minimum Gasteiger partial charge on any atom is -0.481 e. The Morgan fingerprint density at radius 3 is 2.48 bits per heavy atom. The lowest BCUT2D eigenvalue weighted by Gasteiger charge is -2.27. The average molecular weight is 324 g/mol. The SMILES string of the molecule is CC(Cc1cccnc1)(C(=O)O)c1ccc(C(F)(F)F)cc1N. The number of aromatic nitrogens is 1. The van der Waals surface area contributed by atoms with Gasteiger partial charge in [-0.25, -0.2) is 0 Å². The molecule has 0 radical (unpaired) electrons. The molecule has 23 heavy (non-hydrogen) atoms. The van der Waals surface area contributed by atoms with E-state index in [2.05, 4.69) is 4.98 Å². The zero-order valence-corrected chi connectivity index (χ0v) is 12.3. The van der Waals surface area contributed by atoms with Gasteiger partial charge in [-0.15, -0.1) is 0 Å². The maximum Gasteiger partial charge on any atom is 0.416 e. The van der Waals surface area contributed by atoms with Crippen molar-refractivity contribution in [3.63, 3.8) is 0 Å². The van der Waals surface area contributed by atoms with Crippen LogP contribution in [0.4, 0.5) is 18.9 Å². The van der Waals surface area contributed by atoms with Crippen LogP contribution in [0, 0.1) is 0 Å². The fourth-order valence-electron chi connectivity index (χ4n) is 2.44. The lowest BCUT2D eigenvalue weighted by Crippen LogP contribution is -2.35. The van der Waals surface area contributed by atoms with Crippen LogP contribution in [0.3, 0.4) is 0 Å². The highest BCUT2D eigenvalue weighted by atomic mass is 19.4. The van der Waals surface area contributed by atoms with Gasteiger partial charge in [-0.3, -0.25) is 9.78 Å². The number of rotatable bonds is 4. The molecular weight excluding hydrogens is 309 g/mol. The first-order chi connectivity index (χ1) is 10.6. The largest absolute Gasteiger partial charge is 0.481 e. The monoisotopic (exact) mass is 324 g/mol. The van der Waals surface area contributed by atoms with Crippen LogP contribution in [0.1, 0.15) is 23.6 Å². The van der Waals surface area contributed by atoms with Gasteiger partial charge < -0.3 is 10.8 Å². The van der Waals surface area contributed by atoms with Gasteiger partial charge in [0.05, 0.1) is 11.0 Å². The van der Waals surface area contributed by atoms with Crippen molar-refractivity contribution in [2.75, 3.05) is 5.73 Å². The van der Waals surface area contributed by atoms with E-state index in [-0.39, 0.29) is 17.7 Å². The number of halogens is 3. The number of hydrogen-bond donors (Lipinski definition) is 2. The zero-order chi connectivity index (χ0) is 17.3. The van der Waals surface area contributed by atoms with E-state index in [1.165, 1.54) is 13.1 Å². The van der Waals surface area contributed by atoms with E-state index in [1.54, 1.807) is 18.3 Å². The van der Waals surface area contributed by atoms with Crippen LogP contribution in [0.15, 0.2) is 42.7 Å². The zero-order valence-electron chi connectivity index (χ0n) is 12.3. The molecule has 0 bridgehead atoms. The summed E-state index contributed by atoms with van der Waals surface area (Å²) in [6.07, 6.45) is -1.41. The molecule has 3 N–H and O–H groups in total. The van der Waals surface area contributed by atoms with Crippen LogP contribution >= 0.6 is 0 Å². The Balaban J connectivity index is 2.48. The highest BCUT2D eigenvalue weighted by Crippen LogP contribution is 2.37. The van der Waals surface area contributed by atoms with Crippen LogP contribution in [0.25, 0.3) is 0 Å². The number of nitrogens with two attached hydrogens (primary N) is 1. The average Bonchev–Trinajstić information content (AvgIpc) is 2.46. The summed E-state index contributed by atoms with van der Waals surface area (Å²) >= 11 is 0. The molecule has 0 aliphatic carbocycles. The van der Waals surface area contributed by atoms with Crippen LogP contribution < -0.4 is 5.73 Å². The minimum absolute atomic E-state index is 0.0612. The van der Waals surface area contributed by atoms with Crippen molar-refractivity contribution in [3.05, 3.63) is 59.4 Å². The predicted octanol–water partition coefficient (Wildman–Crippen LogP) is 3.27. The van der Waals surface area contributed by atoms with Crippen LogP contribution in [-0.4, -0.2) is 16.1 Å². The van der Waals surface area contributed by atoms with Crippen molar-refractivity contribution in [1.82, 2.24) is 4.98 Å². The lowest BCUT2D eigenvalue weighted by molar-refractivity contribution is -0.143. The molecule has 1 unspecified atom stereocenters. The van der Waals surface area contributed by atoms with E-state index in [0.29, 0.717) is 5.56 Å². The van der Waals surface area contributed by atoms with Gasteiger partial charge in [0.1, 0.15) is 0 Å². The molecule has 7 heteroatoms. The van der Waals surface area contributed by atoms with Crippen LogP contribution in [-0.2, 0) is 22.8 Å². The van der Waals surface area contributed by atoms with E-state index < -0.39 is 23.1 Å². The molecule has 0 spiro atoms. The molecular formula is C16H15F3N2O2. The number of nitrogens with zero attached hydrogens (tertiary/aromatic N) is 1. The maximum absolute atomic E-state index is 12.7.